The number of anilines is 2. The van der Waals surface area contributed by atoms with Crippen molar-refractivity contribution in [2.45, 2.75) is 52.1 Å². The number of carbonyl (C=O) groups excluding carboxylic acids is 1. The quantitative estimate of drug-likeness (QED) is 0.849. The van der Waals surface area contributed by atoms with Crippen LogP contribution in [0, 0.1) is 5.92 Å². The number of amides is 1. The lowest BCUT2D eigenvalue weighted by atomic mass is 10.1. The zero-order valence-corrected chi connectivity index (χ0v) is 13.2. The van der Waals surface area contributed by atoms with Crippen LogP contribution in [0.25, 0.3) is 0 Å². The standard InChI is InChI=1S/C17H26N2O2/c1-17(2,3)21-16(20)19-15-11-7-6-10-14(15)18-12-13-8-4-5-9-13/h6-7,10-11,13,18H,4-5,8-9,12H2,1-3H3,(H,19,20). The van der Waals surface area contributed by atoms with E-state index in [9.17, 15) is 4.79 Å². The largest absolute Gasteiger partial charge is 0.444 e. The zero-order chi connectivity index (χ0) is 15.3. The summed E-state index contributed by atoms with van der Waals surface area (Å²) in [4.78, 5) is 11.9. The smallest absolute Gasteiger partial charge is 0.412 e. The minimum atomic E-state index is -0.490. The Morgan fingerprint density at radius 2 is 1.81 bits per heavy atom. The van der Waals surface area contributed by atoms with E-state index in [-0.39, 0.29) is 0 Å². The van der Waals surface area contributed by atoms with Crippen molar-refractivity contribution < 1.29 is 9.53 Å². The molecule has 1 saturated carbocycles. The van der Waals surface area contributed by atoms with Gasteiger partial charge in [0.2, 0.25) is 0 Å². The van der Waals surface area contributed by atoms with Crippen molar-refractivity contribution in [3.63, 3.8) is 0 Å². The molecule has 4 heteroatoms. The highest BCUT2D eigenvalue weighted by Gasteiger charge is 2.18. The molecule has 0 aromatic heterocycles. The molecule has 0 saturated heterocycles. The van der Waals surface area contributed by atoms with Crippen LogP contribution in [0.5, 0.6) is 0 Å². The number of ether oxygens (including phenoxy) is 1. The topological polar surface area (TPSA) is 50.4 Å². The maximum Gasteiger partial charge on any atom is 0.412 e. The molecule has 1 fully saturated rings. The highest BCUT2D eigenvalue weighted by Crippen LogP contribution is 2.27. The molecule has 1 aliphatic rings. The van der Waals surface area contributed by atoms with E-state index >= 15 is 0 Å². The molecule has 4 nitrogen and oxygen atoms in total. The van der Waals surface area contributed by atoms with Crippen LogP contribution in [-0.2, 0) is 4.74 Å². The van der Waals surface area contributed by atoms with E-state index in [1.165, 1.54) is 25.7 Å². The fourth-order valence-corrected chi connectivity index (χ4v) is 2.63. The van der Waals surface area contributed by atoms with E-state index < -0.39 is 11.7 Å². The van der Waals surface area contributed by atoms with Gasteiger partial charge in [0, 0.05) is 6.54 Å². The van der Waals surface area contributed by atoms with Crippen LogP contribution in [0.3, 0.4) is 0 Å². The number of benzene rings is 1. The van der Waals surface area contributed by atoms with Crippen LogP contribution in [0.1, 0.15) is 46.5 Å². The highest BCUT2D eigenvalue weighted by atomic mass is 16.6. The molecule has 1 aromatic rings. The summed E-state index contributed by atoms with van der Waals surface area (Å²) >= 11 is 0. The second-order valence-corrected chi connectivity index (χ2v) is 6.70. The molecule has 0 radical (unpaired) electrons. The fourth-order valence-electron chi connectivity index (χ4n) is 2.63. The maximum absolute atomic E-state index is 11.9. The maximum atomic E-state index is 11.9. The molecule has 1 amide bonds. The van der Waals surface area contributed by atoms with E-state index in [4.69, 9.17) is 4.74 Å². The summed E-state index contributed by atoms with van der Waals surface area (Å²) < 4.78 is 5.30. The van der Waals surface area contributed by atoms with E-state index in [0.29, 0.717) is 0 Å². The van der Waals surface area contributed by atoms with Crippen LogP contribution in [0.15, 0.2) is 24.3 Å². The molecule has 2 rings (SSSR count). The Balaban J connectivity index is 1.94. The summed E-state index contributed by atoms with van der Waals surface area (Å²) in [5.74, 6) is 0.750. The summed E-state index contributed by atoms with van der Waals surface area (Å²) in [6, 6.07) is 7.76. The van der Waals surface area contributed by atoms with Crippen molar-refractivity contribution in [1.29, 1.82) is 0 Å². The molecule has 0 heterocycles. The zero-order valence-electron chi connectivity index (χ0n) is 13.2. The minimum Gasteiger partial charge on any atom is -0.444 e. The van der Waals surface area contributed by atoms with Crippen molar-refractivity contribution in [2.24, 2.45) is 5.92 Å². The van der Waals surface area contributed by atoms with Crippen molar-refractivity contribution in [1.82, 2.24) is 0 Å². The first-order valence-corrected chi connectivity index (χ1v) is 7.77. The van der Waals surface area contributed by atoms with E-state index in [2.05, 4.69) is 10.6 Å². The summed E-state index contributed by atoms with van der Waals surface area (Å²) in [5.41, 5.74) is 1.23. The molecular weight excluding hydrogens is 264 g/mol. The Bertz CT molecular complexity index is 474. The van der Waals surface area contributed by atoms with E-state index in [1.54, 1.807) is 0 Å². The van der Waals surface area contributed by atoms with Gasteiger partial charge in [0.1, 0.15) is 5.60 Å². The molecule has 21 heavy (non-hydrogen) atoms. The van der Waals surface area contributed by atoms with Gasteiger partial charge in [0.05, 0.1) is 11.4 Å². The highest BCUT2D eigenvalue weighted by molar-refractivity contribution is 5.89. The monoisotopic (exact) mass is 290 g/mol. The summed E-state index contributed by atoms with van der Waals surface area (Å²) in [6.45, 7) is 6.54. The van der Waals surface area contributed by atoms with Crippen LogP contribution in [-0.4, -0.2) is 18.2 Å². The first-order chi connectivity index (χ1) is 9.94. The molecular formula is C17H26N2O2. The third-order valence-corrected chi connectivity index (χ3v) is 3.62. The lowest BCUT2D eigenvalue weighted by molar-refractivity contribution is 0.0636. The van der Waals surface area contributed by atoms with Gasteiger partial charge in [-0.2, -0.15) is 0 Å². The SMILES string of the molecule is CC(C)(C)OC(=O)Nc1ccccc1NCC1CCCC1. The normalized spacial score (nSPS) is 15.8. The third kappa shape index (κ3) is 5.29. The van der Waals surface area contributed by atoms with Crippen LogP contribution >= 0.6 is 0 Å². The van der Waals surface area contributed by atoms with Gasteiger partial charge < -0.3 is 10.1 Å². The van der Waals surface area contributed by atoms with Crippen molar-refractivity contribution in [2.75, 3.05) is 17.2 Å². The van der Waals surface area contributed by atoms with Gasteiger partial charge in [-0.3, -0.25) is 5.32 Å². The lowest BCUT2D eigenvalue weighted by Crippen LogP contribution is -2.27. The van der Waals surface area contributed by atoms with Crippen LogP contribution < -0.4 is 10.6 Å². The molecule has 1 aliphatic carbocycles. The molecule has 0 bridgehead atoms. The summed E-state index contributed by atoms with van der Waals surface area (Å²) in [5, 5.41) is 6.27. The predicted molar refractivity (Wildman–Crippen MR) is 86.7 cm³/mol. The Kier molecular flexibility index (Phi) is 5.10. The third-order valence-electron chi connectivity index (χ3n) is 3.62. The van der Waals surface area contributed by atoms with Gasteiger partial charge in [-0.15, -0.1) is 0 Å². The predicted octanol–water partition coefficient (Wildman–Crippen LogP) is 4.64. The van der Waals surface area contributed by atoms with Crippen LogP contribution in [0.4, 0.5) is 16.2 Å². The average molecular weight is 290 g/mol. The number of carbonyl (C=O) groups is 1. The van der Waals surface area contributed by atoms with Gasteiger partial charge in [0.25, 0.3) is 0 Å². The van der Waals surface area contributed by atoms with Gasteiger partial charge in [0.15, 0.2) is 0 Å². The van der Waals surface area contributed by atoms with Gasteiger partial charge in [-0.25, -0.2) is 4.79 Å². The fraction of sp³-hybridized carbons (Fsp3) is 0.588. The van der Waals surface area contributed by atoms with Gasteiger partial charge in [-0.1, -0.05) is 25.0 Å². The molecule has 116 valence electrons. The summed E-state index contributed by atoms with van der Waals surface area (Å²) in [6.07, 6.45) is 4.86. The van der Waals surface area contributed by atoms with E-state index in [0.717, 1.165) is 23.8 Å². The molecule has 2 N–H and O–H groups in total. The molecule has 0 spiro atoms. The molecule has 1 aromatic carbocycles. The second kappa shape index (κ2) is 6.83. The molecule has 0 atom stereocenters. The van der Waals surface area contributed by atoms with Crippen molar-refractivity contribution >= 4 is 17.5 Å². The Morgan fingerprint density at radius 3 is 2.43 bits per heavy atom. The number of rotatable bonds is 4. The Labute approximate surface area is 127 Å². The lowest BCUT2D eigenvalue weighted by Gasteiger charge is -2.21. The van der Waals surface area contributed by atoms with Crippen molar-refractivity contribution in [3.8, 4) is 0 Å². The van der Waals surface area contributed by atoms with Gasteiger partial charge in [-0.05, 0) is 51.7 Å². The van der Waals surface area contributed by atoms with Crippen LogP contribution in [0.2, 0.25) is 0 Å². The minimum absolute atomic E-state index is 0.419. The number of para-hydroxylation sites is 2. The van der Waals surface area contributed by atoms with Crippen molar-refractivity contribution in [3.05, 3.63) is 24.3 Å². The number of hydrogen-bond acceptors (Lipinski definition) is 3. The first-order valence-electron chi connectivity index (χ1n) is 7.77. The number of nitrogens with one attached hydrogen (secondary N) is 2. The molecule has 0 unspecified atom stereocenters. The number of hydrogen-bond donors (Lipinski definition) is 2. The summed E-state index contributed by atoms with van der Waals surface area (Å²) in [7, 11) is 0. The molecule has 0 aliphatic heterocycles. The Hall–Kier alpha value is -1.71. The van der Waals surface area contributed by atoms with Gasteiger partial charge >= 0.3 is 6.09 Å². The van der Waals surface area contributed by atoms with E-state index in [1.807, 2.05) is 45.0 Å². The average Bonchev–Trinajstić information content (AvgIpc) is 2.88. The second-order valence-electron chi connectivity index (χ2n) is 6.70. The first kappa shape index (κ1) is 15.7. The Morgan fingerprint density at radius 1 is 1.19 bits per heavy atom.